The molecule has 3 aromatic rings. The van der Waals surface area contributed by atoms with Crippen LogP contribution in [0.1, 0.15) is 17.4 Å². The van der Waals surface area contributed by atoms with Crippen LogP contribution in [0.4, 0.5) is 0 Å². The number of aromatic nitrogens is 2. The molecule has 0 saturated carbocycles. The van der Waals surface area contributed by atoms with Crippen molar-refractivity contribution in [1.82, 2.24) is 9.38 Å². The second-order valence-electron chi connectivity index (χ2n) is 4.49. The van der Waals surface area contributed by atoms with Crippen molar-refractivity contribution in [2.75, 3.05) is 6.61 Å². The first-order valence-corrected chi connectivity index (χ1v) is 6.98. The summed E-state index contributed by atoms with van der Waals surface area (Å²) >= 11 is 5.92. The Hall–Kier alpha value is -2.33. The molecule has 2 aromatic heterocycles. The molecule has 0 fully saturated rings. The monoisotopic (exact) mass is 300 g/mol. The number of esters is 1. The van der Waals surface area contributed by atoms with Crippen molar-refractivity contribution < 1.29 is 9.53 Å². The quantitative estimate of drug-likeness (QED) is 0.690. The highest BCUT2D eigenvalue weighted by Gasteiger charge is 2.13. The third-order valence-corrected chi connectivity index (χ3v) is 3.37. The largest absolute Gasteiger partial charge is 0.461 e. The Kier molecular flexibility index (Phi) is 3.62. The minimum Gasteiger partial charge on any atom is -0.461 e. The number of ether oxygens (including phenoxy) is 1. The van der Waals surface area contributed by atoms with Crippen LogP contribution in [0.5, 0.6) is 0 Å². The second kappa shape index (κ2) is 5.58. The molecule has 0 radical (unpaired) electrons. The van der Waals surface area contributed by atoms with E-state index in [4.69, 9.17) is 16.3 Å². The highest BCUT2D eigenvalue weighted by Crippen LogP contribution is 2.23. The highest BCUT2D eigenvalue weighted by molar-refractivity contribution is 6.30. The molecule has 5 heteroatoms. The zero-order chi connectivity index (χ0) is 14.8. The van der Waals surface area contributed by atoms with Crippen LogP contribution in [-0.4, -0.2) is 22.0 Å². The number of halogens is 1. The van der Waals surface area contributed by atoms with Gasteiger partial charge in [-0.15, -0.1) is 0 Å². The standard InChI is InChI=1S/C16H13ClN2O2/c1-2-21-16(20)13-10-19-14(4-3-5-15(19)18-13)11-6-8-12(17)9-7-11/h3-10H,2H2,1H3. The summed E-state index contributed by atoms with van der Waals surface area (Å²) in [5.74, 6) is -0.414. The molecule has 0 saturated heterocycles. The summed E-state index contributed by atoms with van der Waals surface area (Å²) in [5.41, 5.74) is 2.94. The van der Waals surface area contributed by atoms with Crippen molar-refractivity contribution in [2.45, 2.75) is 6.92 Å². The third-order valence-electron chi connectivity index (χ3n) is 3.12. The number of nitrogens with zero attached hydrogens (tertiary/aromatic N) is 2. The van der Waals surface area contributed by atoms with Crippen LogP contribution in [0.15, 0.2) is 48.7 Å². The normalized spacial score (nSPS) is 10.8. The number of rotatable bonds is 3. The molecular weight excluding hydrogens is 288 g/mol. The summed E-state index contributed by atoms with van der Waals surface area (Å²) in [6.07, 6.45) is 1.69. The fourth-order valence-electron chi connectivity index (χ4n) is 2.17. The summed E-state index contributed by atoms with van der Waals surface area (Å²) in [5, 5.41) is 0.684. The van der Waals surface area contributed by atoms with E-state index in [1.165, 1.54) is 0 Å². The molecule has 0 unspecified atom stereocenters. The first-order valence-electron chi connectivity index (χ1n) is 6.60. The summed E-state index contributed by atoms with van der Waals surface area (Å²) in [6, 6.07) is 13.2. The summed E-state index contributed by atoms with van der Waals surface area (Å²) < 4.78 is 6.86. The minimum atomic E-state index is -0.414. The molecule has 0 bridgehead atoms. The Morgan fingerprint density at radius 3 is 2.71 bits per heavy atom. The molecule has 106 valence electrons. The summed E-state index contributed by atoms with van der Waals surface area (Å²) in [4.78, 5) is 16.1. The van der Waals surface area contributed by atoms with E-state index >= 15 is 0 Å². The number of hydrogen-bond acceptors (Lipinski definition) is 3. The number of carbonyl (C=O) groups is 1. The van der Waals surface area contributed by atoms with Gasteiger partial charge in [0.05, 0.1) is 12.3 Å². The smallest absolute Gasteiger partial charge is 0.358 e. The first kappa shape index (κ1) is 13.6. The predicted molar refractivity (Wildman–Crippen MR) is 81.6 cm³/mol. The zero-order valence-electron chi connectivity index (χ0n) is 11.4. The van der Waals surface area contributed by atoms with Gasteiger partial charge < -0.3 is 4.74 Å². The maximum atomic E-state index is 11.8. The Morgan fingerprint density at radius 2 is 2.00 bits per heavy atom. The number of hydrogen-bond donors (Lipinski definition) is 0. The van der Waals surface area contributed by atoms with E-state index in [1.807, 2.05) is 46.9 Å². The number of benzene rings is 1. The van der Waals surface area contributed by atoms with E-state index in [0.717, 1.165) is 11.3 Å². The Balaban J connectivity index is 2.11. The maximum absolute atomic E-state index is 11.8. The lowest BCUT2D eigenvalue weighted by molar-refractivity contribution is 0.0520. The van der Waals surface area contributed by atoms with Gasteiger partial charge in [-0.2, -0.15) is 0 Å². The summed E-state index contributed by atoms with van der Waals surface area (Å²) in [7, 11) is 0. The van der Waals surface area contributed by atoms with Gasteiger partial charge in [-0.3, -0.25) is 4.40 Å². The molecule has 0 atom stereocenters. The topological polar surface area (TPSA) is 43.6 Å². The summed E-state index contributed by atoms with van der Waals surface area (Å²) in [6.45, 7) is 2.10. The van der Waals surface area contributed by atoms with Crippen molar-refractivity contribution in [3.8, 4) is 11.3 Å². The molecule has 0 aliphatic rings. The molecule has 0 spiro atoms. The fraction of sp³-hybridized carbons (Fsp3) is 0.125. The van der Waals surface area contributed by atoms with Gasteiger partial charge in [0, 0.05) is 11.2 Å². The zero-order valence-corrected chi connectivity index (χ0v) is 12.2. The van der Waals surface area contributed by atoms with E-state index in [-0.39, 0.29) is 0 Å². The predicted octanol–water partition coefficient (Wildman–Crippen LogP) is 3.83. The van der Waals surface area contributed by atoms with Gasteiger partial charge in [0.1, 0.15) is 5.65 Å². The van der Waals surface area contributed by atoms with Gasteiger partial charge in [0.15, 0.2) is 5.69 Å². The molecule has 2 heterocycles. The maximum Gasteiger partial charge on any atom is 0.358 e. The number of imidazole rings is 1. The van der Waals surface area contributed by atoms with Gasteiger partial charge in [0.2, 0.25) is 0 Å². The Labute approximate surface area is 126 Å². The molecule has 4 nitrogen and oxygen atoms in total. The number of fused-ring (bicyclic) bond motifs is 1. The average molecular weight is 301 g/mol. The van der Waals surface area contributed by atoms with Gasteiger partial charge in [-0.25, -0.2) is 9.78 Å². The van der Waals surface area contributed by atoms with E-state index in [9.17, 15) is 4.79 Å². The van der Waals surface area contributed by atoms with Crippen LogP contribution in [0.25, 0.3) is 16.9 Å². The fourth-order valence-corrected chi connectivity index (χ4v) is 2.30. The van der Waals surface area contributed by atoms with Gasteiger partial charge in [0.25, 0.3) is 0 Å². The molecular formula is C16H13ClN2O2. The van der Waals surface area contributed by atoms with Crippen LogP contribution < -0.4 is 0 Å². The van der Waals surface area contributed by atoms with E-state index in [2.05, 4.69) is 4.98 Å². The molecule has 0 aliphatic carbocycles. The van der Waals surface area contributed by atoms with Crippen molar-refractivity contribution in [3.05, 3.63) is 59.4 Å². The Bertz CT molecular complexity index is 794. The Morgan fingerprint density at radius 1 is 1.24 bits per heavy atom. The van der Waals surface area contributed by atoms with Crippen LogP contribution in [0, 0.1) is 0 Å². The highest BCUT2D eigenvalue weighted by atomic mass is 35.5. The van der Waals surface area contributed by atoms with Gasteiger partial charge in [-0.1, -0.05) is 29.8 Å². The molecule has 3 rings (SSSR count). The molecule has 0 amide bonds. The number of pyridine rings is 1. The van der Waals surface area contributed by atoms with Crippen LogP contribution in [0.2, 0.25) is 5.02 Å². The third kappa shape index (κ3) is 2.62. The minimum absolute atomic E-state index is 0.304. The van der Waals surface area contributed by atoms with Crippen LogP contribution >= 0.6 is 11.6 Å². The van der Waals surface area contributed by atoms with Gasteiger partial charge in [-0.05, 0) is 36.8 Å². The van der Waals surface area contributed by atoms with E-state index < -0.39 is 5.97 Å². The first-order chi connectivity index (χ1) is 10.2. The number of carbonyl (C=O) groups excluding carboxylic acids is 1. The van der Waals surface area contributed by atoms with Crippen LogP contribution in [-0.2, 0) is 4.74 Å². The van der Waals surface area contributed by atoms with Crippen molar-refractivity contribution >= 4 is 23.2 Å². The lowest BCUT2D eigenvalue weighted by atomic mass is 10.1. The lowest BCUT2D eigenvalue weighted by Gasteiger charge is -2.05. The lowest BCUT2D eigenvalue weighted by Crippen LogP contribution is -2.04. The SMILES string of the molecule is CCOC(=O)c1cn2c(-c3ccc(Cl)cc3)cccc2n1. The molecule has 1 aromatic carbocycles. The van der Waals surface area contributed by atoms with E-state index in [0.29, 0.717) is 23.0 Å². The van der Waals surface area contributed by atoms with Crippen LogP contribution in [0.3, 0.4) is 0 Å². The van der Waals surface area contributed by atoms with Gasteiger partial charge >= 0.3 is 5.97 Å². The van der Waals surface area contributed by atoms with E-state index in [1.54, 1.807) is 13.1 Å². The molecule has 0 N–H and O–H groups in total. The average Bonchev–Trinajstić information content (AvgIpc) is 2.92. The van der Waals surface area contributed by atoms with Crippen molar-refractivity contribution in [1.29, 1.82) is 0 Å². The van der Waals surface area contributed by atoms with Crippen molar-refractivity contribution in [3.63, 3.8) is 0 Å². The second-order valence-corrected chi connectivity index (χ2v) is 4.93. The molecule has 0 aliphatic heterocycles. The van der Waals surface area contributed by atoms with Crippen molar-refractivity contribution in [2.24, 2.45) is 0 Å². The molecule has 21 heavy (non-hydrogen) atoms.